The van der Waals surface area contributed by atoms with Gasteiger partial charge in [0, 0.05) is 18.6 Å². The summed E-state index contributed by atoms with van der Waals surface area (Å²) >= 11 is 0. The van der Waals surface area contributed by atoms with Crippen molar-refractivity contribution < 1.29 is 9.84 Å². The average molecular weight is 257 g/mol. The molecule has 0 aromatic rings. The van der Waals surface area contributed by atoms with E-state index in [1.807, 2.05) is 6.92 Å². The molecular formula is C13H27N3O2. The number of ether oxygens (including phenoxy) is 1. The minimum absolute atomic E-state index is 0.130. The first kappa shape index (κ1) is 15.2. The molecule has 0 amide bonds. The van der Waals surface area contributed by atoms with Gasteiger partial charge in [0.2, 0.25) is 0 Å². The monoisotopic (exact) mass is 257 g/mol. The van der Waals surface area contributed by atoms with Crippen LogP contribution in [0.3, 0.4) is 0 Å². The Bertz CT molecular complexity index is 283. The standard InChI is InChI=1S/C13H27N3O2/c1-10(8-18-3)16-12(14)15-9-13(2)7-5-4-6-11(13)17/h10-11,17H,4-9H2,1-3H3,(H3,14,15,16). The zero-order valence-corrected chi connectivity index (χ0v) is 11.8. The minimum Gasteiger partial charge on any atom is -0.392 e. The first-order valence-corrected chi connectivity index (χ1v) is 6.71. The van der Waals surface area contributed by atoms with Crippen LogP contribution < -0.4 is 11.1 Å². The van der Waals surface area contributed by atoms with Crippen molar-refractivity contribution in [3.8, 4) is 0 Å². The lowest BCUT2D eigenvalue weighted by Crippen LogP contribution is -2.43. The maximum absolute atomic E-state index is 10.1. The number of hydrogen-bond donors (Lipinski definition) is 3. The highest BCUT2D eigenvalue weighted by atomic mass is 16.5. The lowest BCUT2D eigenvalue weighted by molar-refractivity contribution is 0.00718. The molecule has 0 aromatic heterocycles. The van der Waals surface area contributed by atoms with Gasteiger partial charge in [-0.15, -0.1) is 0 Å². The maximum atomic E-state index is 10.1. The van der Waals surface area contributed by atoms with Crippen LogP contribution in [0.1, 0.15) is 39.5 Å². The van der Waals surface area contributed by atoms with Gasteiger partial charge in [0.1, 0.15) is 0 Å². The highest BCUT2D eigenvalue weighted by Crippen LogP contribution is 2.36. The Morgan fingerprint density at radius 1 is 1.61 bits per heavy atom. The van der Waals surface area contributed by atoms with Gasteiger partial charge in [-0.1, -0.05) is 19.8 Å². The van der Waals surface area contributed by atoms with E-state index < -0.39 is 0 Å². The molecule has 1 saturated carbocycles. The highest BCUT2D eigenvalue weighted by molar-refractivity contribution is 5.78. The molecule has 0 saturated heterocycles. The van der Waals surface area contributed by atoms with Crippen LogP contribution >= 0.6 is 0 Å². The van der Waals surface area contributed by atoms with Crippen molar-refractivity contribution in [1.82, 2.24) is 5.32 Å². The number of aliphatic hydroxyl groups excluding tert-OH is 1. The molecule has 1 fully saturated rings. The normalized spacial score (nSPS) is 31.1. The van der Waals surface area contributed by atoms with E-state index in [1.165, 1.54) is 0 Å². The Labute approximate surface area is 110 Å². The minimum atomic E-state index is -0.265. The van der Waals surface area contributed by atoms with Crippen molar-refractivity contribution in [3.05, 3.63) is 0 Å². The van der Waals surface area contributed by atoms with Gasteiger partial charge in [-0.25, -0.2) is 0 Å². The summed E-state index contributed by atoms with van der Waals surface area (Å²) in [5.74, 6) is 0.429. The Morgan fingerprint density at radius 3 is 2.94 bits per heavy atom. The van der Waals surface area contributed by atoms with E-state index in [0.29, 0.717) is 19.1 Å². The van der Waals surface area contributed by atoms with E-state index in [4.69, 9.17) is 10.5 Å². The van der Waals surface area contributed by atoms with Crippen LogP contribution in [0.4, 0.5) is 0 Å². The molecule has 3 atom stereocenters. The predicted molar refractivity (Wildman–Crippen MR) is 73.5 cm³/mol. The summed E-state index contributed by atoms with van der Waals surface area (Å²) in [5.41, 5.74) is 5.70. The quantitative estimate of drug-likeness (QED) is 0.504. The Balaban J connectivity index is 2.46. The van der Waals surface area contributed by atoms with E-state index >= 15 is 0 Å². The number of nitrogens with one attached hydrogen (secondary N) is 1. The zero-order chi connectivity index (χ0) is 13.6. The molecular weight excluding hydrogens is 230 g/mol. The summed E-state index contributed by atoms with van der Waals surface area (Å²) in [7, 11) is 1.66. The van der Waals surface area contributed by atoms with E-state index in [2.05, 4.69) is 17.2 Å². The van der Waals surface area contributed by atoms with Crippen LogP contribution in [0, 0.1) is 5.41 Å². The summed E-state index contributed by atoms with van der Waals surface area (Å²) in [6.07, 6.45) is 3.90. The number of aliphatic imine (C=N–C) groups is 1. The van der Waals surface area contributed by atoms with Gasteiger partial charge in [-0.2, -0.15) is 0 Å². The second-order valence-electron chi connectivity index (χ2n) is 5.62. The number of nitrogens with two attached hydrogens (primary N) is 1. The van der Waals surface area contributed by atoms with Crippen molar-refractivity contribution in [2.45, 2.75) is 51.7 Å². The van der Waals surface area contributed by atoms with Crippen LogP contribution in [-0.4, -0.2) is 43.5 Å². The number of aliphatic hydroxyl groups is 1. The molecule has 1 aliphatic rings. The van der Waals surface area contributed by atoms with Gasteiger partial charge in [-0.05, 0) is 19.8 Å². The fourth-order valence-electron chi connectivity index (χ4n) is 2.42. The maximum Gasteiger partial charge on any atom is 0.188 e. The topological polar surface area (TPSA) is 79.9 Å². The third-order valence-corrected chi connectivity index (χ3v) is 3.70. The molecule has 0 aliphatic heterocycles. The van der Waals surface area contributed by atoms with Crippen LogP contribution in [0.5, 0.6) is 0 Å². The molecule has 3 unspecified atom stereocenters. The molecule has 4 N–H and O–H groups in total. The zero-order valence-electron chi connectivity index (χ0n) is 11.8. The van der Waals surface area contributed by atoms with E-state index in [9.17, 15) is 5.11 Å². The van der Waals surface area contributed by atoms with Crippen LogP contribution in [0.25, 0.3) is 0 Å². The number of guanidine groups is 1. The van der Waals surface area contributed by atoms with Crippen molar-refractivity contribution in [3.63, 3.8) is 0 Å². The Morgan fingerprint density at radius 2 is 2.33 bits per heavy atom. The van der Waals surface area contributed by atoms with Gasteiger partial charge in [0.25, 0.3) is 0 Å². The molecule has 106 valence electrons. The molecule has 0 aromatic carbocycles. The van der Waals surface area contributed by atoms with Crippen molar-refractivity contribution >= 4 is 5.96 Å². The predicted octanol–water partition coefficient (Wildman–Crippen LogP) is 0.867. The summed E-state index contributed by atoms with van der Waals surface area (Å²) in [6, 6.07) is 0.142. The highest BCUT2D eigenvalue weighted by Gasteiger charge is 2.35. The van der Waals surface area contributed by atoms with Crippen molar-refractivity contribution in [1.29, 1.82) is 0 Å². The summed E-state index contributed by atoms with van der Waals surface area (Å²) in [5, 5.41) is 13.1. The SMILES string of the molecule is COCC(C)NC(N)=NCC1(C)CCCCC1O. The van der Waals surface area contributed by atoms with Crippen LogP contribution in [-0.2, 0) is 4.74 Å². The summed E-state index contributed by atoms with van der Waals surface area (Å²) in [4.78, 5) is 4.36. The summed E-state index contributed by atoms with van der Waals surface area (Å²) in [6.45, 7) is 5.25. The first-order valence-electron chi connectivity index (χ1n) is 6.71. The van der Waals surface area contributed by atoms with E-state index in [0.717, 1.165) is 25.7 Å². The molecule has 1 rings (SSSR count). The third kappa shape index (κ3) is 4.46. The molecule has 5 heteroatoms. The molecule has 18 heavy (non-hydrogen) atoms. The Hall–Kier alpha value is -0.810. The Kier molecular flexibility index (Phi) is 5.88. The molecule has 0 heterocycles. The number of nitrogens with zero attached hydrogens (tertiary/aromatic N) is 1. The molecule has 5 nitrogen and oxygen atoms in total. The van der Waals surface area contributed by atoms with Crippen LogP contribution in [0.2, 0.25) is 0 Å². The summed E-state index contributed by atoms with van der Waals surface area (Å²) < 4.78 is 5.02. The van der Waals surface area contributed by atoms with Crippen molar-refractivity contribution in [2.75, 3.05) is 20.3 Å². The smallest absolute Gasteiger partial charge is 0.188 e. The van der Waals surface area contributed by atoms with Gasteiger partial charge in [-0.3, -0.25) is 4.99 Å². The number of methoxy groups -OCH3 is 1. The van der Waals surface area contributed by atoms with Crippen LogP contribution in [0.15, 0.2) is 4.99 Å². The molecule has 0 radical (unpaired) electrons. The van der Waals surface area contributed by atoms with E-state index in [1.54, 1.807) is 7.11 Å². The number of hydrogen-bond acceptors (Lipinski definition) is 3. The molecule has 0 spiro atoms. The van der Waals surface area contributed by atoms with Gasteiger partial charge in [0.05, 0.1) is 19.3 Å². The van der Waals surface area contributed by atoms with E-state index in [-0.39, 0.29) is 17.6 Å². The fraction of sp³-hybridized carbons (Fsp3) is 0.923. The molecule has 1 aliphatic carbocycles. The fourth-order valence-corrected chi connectivity index (χ4v) is 2.42. The first-order chi connectivity index (χ1) is 8.48. The molecule has 0 bridgehead atoms. The second-order valence-corrected chi connectivity index (χ2v) is 5.62. The van der Waals surface area contributed by atoms with Gasteiger partial charge < -0.3 is 20.9 Å². The van der Waals surface area contributed by atoms with Gasteiger partial charge >= 0.3 is 0 Å². The number of rotatable bonds is 5. The lowest BCUT2D eigenvalue weighted by atomic mass is 9.73. The van der Waals surface area contributed by atoms with Gasteiger partial charge in [0.15, 0.2) is 5.96 Å². The largest absolute Gasteiger partial charge is 0.392 e. The lowest BCUT2D eigenvalue weighted by Gasteiger charge is -2.37. The van der Waals surface area contributed by atoms with Crippen molar-refractivity contribution in [2.24, 2.45) is 16.1 Å². The second kappa shape index (κ2) is 6.95. The average Bonchev–Trinajstić information content (AvgIpc) is 2.31. The third-order valence-electron chi connectivity index (χ3n) is 3.70.